The minimum Gasteiger partial charge on any atom is -0.496 e. The number of nitrogens with zero attached hydrogens (tertiary/aromatic N) is 1. The summed E-state index contributed by atoms with van der Waals surface area (Å²) in [6.07, 6.45) is 3.37. The lowest BCUT2D eigenvalue weighted by Crippen LogP contribution is -2.51. The Hall–Kier alpha value is -1.75. The zero-order valence-electron chi connectivity index (χ0n) is 11.7. The highest BCUT2D eigenvalue weighted by Crippen LogP contribution is 2.32. The van der Waals surface area contributed by atoms with Crippen LogP contribution in [0.1, 0.15) is 29.6 Å². The smallest absolute Gasteiger partial charge is 0.258 e. The molecule has 1 aliphatic heterocycles. The fraction of sp³-hybridized carbons (Fsp3) is 0.533. The van der Waals surface area contributed by atoms with Crippen molar-refractivity contribution in [2.24, 2.45) is 0 Å². The summed E-state index contributed by atoms with van der Waals surface area (Å²) in [6, 6.07) is 5.38. The highest BCUT2D eigenvalue weighted by atomic mass is 16.5. The summed E-state index contributed by atoms with van der Waals surface area (Å²) in [4.78, 5) is 14.7. The number of anilines is 1. The number of carbonyl (C=O) groups excluding carboxylic acids is 1. The SMILES string of the molecule is COc1ccc(N)cc1C(=O)N1CCOC2CCCC21. The lowest BCUT2D eigenvalue weighted by atomic mass is 10.1. The van der Waals surface area contributed by atoms with Crippen molar-refractivity contribution in [3.05, 3.63) is 23.8 Å². The van der Waals surface area contributed by atoms with E-state index in [-0.39, 0.29) is 18.1 Å². The Labute approximate surface area is 118 Å². The molecular formula is C15H20N2O3. The van der Waals surface area contributed by atoms with Crippen molar-refractivity contribution in [3.63, 3.8) is 0 Å². The van der Waals surface area contributed by atoms with E-state index < -0.39 is 0 Å². The molecule has 3 rings (SSSR count). The van der Waals surface area contributed by atoms with Gasteiger partial charge in [-0.15, -0.1) is 0 Å². The highest BCUT2D eigenvalue weighted by molar-refractivity contribution is 5.98. The third-order valence-electron chi connectivity index (χ3n) is 4.20. The number of benzene rings is 1. The molecule has 20 heavy (non-hydrogen) atoms. The number of rotatable bonds is 2. The molecule has 1 saturated heterocycles. The lowest BCUT2D eigenvalue weighted by molar-refractivity contribution is -0.0446. The predicted molar refractivity (Wildman–Crippen MR) is 75.8 cm³/mol. The maximum absolute atomic E-state index is 12.8. The predicted octanol–water partition coefficient (Wildman–Crippen LogP) is 1.67. The van der Waals surface area contributed by atoms with Crippen molar-refractivity contribution in [1.29, 1.82) is 0 Å². The van der Waals surface area contributed by atoms with E-state index in [0.717, 1.165) is 19.3 Å². The molecule has 0 radical (unpaired) electrons. The Morgan fingerprint density at radius 1 is 1.45 bits per heavy atom. The number of nitrogens with two attached hydrogens (primary N) is 1. The van der Waals surface area contributed by atoms with E-state index in [4.69, 9.17) is 15.2 Å². The van der Waals surface area contributed by atoms with Gasteiger partial charge in [0.1, 0.15) is 5.75 Å². The van der Waals surface area contributed by atoms with Crippen molar-refractivity contribution in [2.45, 2.75) is 31.4 Å². The normalized spacial score (nSPS) is 25.4. The molecule has 5 heteroatoms. The minimum atomic E-state index is -0.00523. The van der Waals surface area contributed by atoms with E-state index in [1.165, 1.54) is 0 Å². The van der Waals surface area contributed by atoms with Crippen LogP contribution in [0.5, 0.6) is 5.75 Å². The second kappa shape index (κ2) is 5.32. The first-order chi connectivity index (χ1) is 9.70. The Bertz CT molecular complexity index is 518. The zero-order valence-corrected chi connectivity index (χ0v) is 11.7. The molecule has 1 aliphatic carbocycles. The lowest BCUT2D eigenvalue weighted by Gasteiger charge is -2.37. The molecule has 1 aromatic rings. The van der Waals surface area contributed by atoms with Gasteiger partial charge in [-0.1, -0.05) is 0 Å². The number of hydrogen-bond donors (Lipinski definition) is 1. The van der Waals surface area contributed by atoms with Gasteiger partial charge in [0.05, 0.1) is 31.4 Å². The van der Waals surface area contributed by atoms with Gasteiger partial charge in [0.15, 0.2) is 0 Å². The van der Waals surface area contributed by atoms with E-state index in [9.17, 15) is 4.79 Å². The Morgan fingerprint density at radius 2 is 2.30 bits per heavy atom. The first-order valence-corrected chi connectivity index (χ1v) is 7.07. The molecule has 0 aromatic heterocycles. The van der Waals surface area contributed by atoms with Gasteiger partial charge in [-0.05, 0) is 37.5 Å². The third kappa shape index (κ3) is 2.22. The molecule has 2 unspecified atom stereocenters. The van der Waals surface area contributed by atoms with Crippen LogP contribution in [0, 0.1) is 0 Å². The summed E-state index contributed by atoms with van der Waals surface area (Å²) in [6.45, 7) is 1.25. The van der Waals surface area contributed by atoms with Gasteiger partial charge in [0.2, 0.25) is 0 Å². The molecule has 2 N–H and O–H groups in total. The summed E-state index contributed by atoms with van der Waals surface area (Å²) in [5.74, 6) is 0.569. The van der Waals surface area contributed by atoms with Crippen LogP contribution in [0.4, 0.5) is 5.69 Å². The topological polar surface area (TPSA) is 64.8 Å². The Kier molecular flexibility index (Phi) is 3.53. The van der Waals surface area contributed by atoms with Crippen LogP contribution in [0.25, 0.3) is 0 Å². The number of fused-ring (bicyclic) bond motifs is 1. The van der Waals surface area contributed by atoms with Crippen molar-refractivity contribution < 1.29 is 14.3 Å². The van der Waals surface area contributed by atoms with E-state index in [2.05, 4.69) is 0 Å². The van der Waals surface area contributed by atoms with E-state index in [0.29, 0.717) is 30.2 Å². The molecule has 2 fully saturated rings. The molecule has 5 nitrogen and oxygen atoms in total. The van der Waals surface area contributed by atoms with Crippen molar-refractivity contribution >= 4 is 11.6 Å². The van der Waals surface area contributed by atoms with Gasteiger partial charge in [-0.3, -0.25) is 4.79 Å². The van der Waals surface area contributed by atoms with Gasteiger partial charge < -0.3 is 20.1 Å². The van der Waals surface area contributed by atoms with Crippen LogP contribution < -0.4 is 10.5 Å². The van der Waals surface area contributed by atoms with Gasteiger partial charge in [0.25, 0.3) is 5.91 Å². The quantitative estimate of drug-likeness (QED) is 0.835. The third-order valence-corrected chi connectivity index (χ3v) is 4.20. The minimum absolute atomic E-state index is 0.00523. The number of amides is 1. The van der Waals surface area contributed by atoms with Crippen LogP contribution in [0.2, 0.25) is 0 Å². The molecule has 1 amide bonds. The molecule has 1 saturated carbocycles. The first-order valence-electron chi connectivity index (χ1n) is 7.07. The van der Waals surface area contributed by atoms with Gasteiger partial charge in [-0.25, -0.2) is 0 Å². The van der Waals surface area contributed by atoms with E-state index in [1.54, 1.807) is 25.3 Å². The standard InChI is InChI=1S/C15H20N2O3/c1-19-13-6-5-10(16)9-11(13)15(18)17-7-8-20-14-4-2-3-12(14)17/h5-6,9,12,14H,2-4,7-8,16H2,1H3. The summed E-state index contributed by atoms with van der Waals surface area (Å²) in [7, 11) is 1.57. The fourth-order valence-corrected chi connectivity index (χ4v) is 3.23. The Balaban J connectivity index is 1.90. The first kappa shape index (κ1) is 13.2. The molecule has 1 aromatic carbocycles. The maximum atomic E-state index is 12.8. The summed E-state index contributed by atoms with van der Waals surface area (Å²) >= 11 is 0. The molecule has 2 atom stereocenters. The molecule has 1 heterocycles. The van der Waals surface area contributed by atoms with Gasteiger partial charge in [-0.2, -0.15) is 0 Å². The second-order valence-electron chi connectivity index (χ2n) is 5.37. The highest BCUT2D eigenvalue weighted by Gasteiger charge is 2.39. The van der Waals surface area contributed by atoms with Crippen LogP contribution in [-0.2, 0) is 4.74 Å². The molecule has 0 bridgehead atoms. The Morgan fingerprint density at radius 3 is 3.10 bits per heavy atom. The van der Waals surface area contributed by atoms with Crippen molar-refractivity contribution in [1.82, 2.24) is 4.90 Å². The van der Waals surface area contributed by atoms with Gasteiger partial charge >= 0.3 is 0 Å². The van der Waals surface area contributed by atoms with Crippen molar-refractivity contribution in [3.8, 4) is 5.75 Å². The molecule has 108 valence electrons. The van der Waals surface area contributed by atoms with E-state index in [1.807, 2.05) is 4.90 Å². The number of morpholine rings is 1. The molecule has 0 spiro atoms. The largest absolute Gasteiger partial charge is 0.496 e. The number of carbonyl (C=O) groups is 1. The summed E-state index contributed by atoms with van der Waals surface area (Å²) in [5, 5.41) is 0. The van der Waals surface area contributed by atoms with Crippen molar-refractivity contribution in [2.75, 3.05) is 26.0 Å². The summed E-state index contributed by atoms with van der Waals surface area (Å²) < 4.78 is 11.0. The summed E-state index contributed by atoms with van der Waals surface area (Å²) in [5.41, 5.74) is 6.92. The van der Waals surface area contributed by atoms with E-state index >= 15 is 0 Å². The monoisotopic (exact) mass is 276 g/mol. The average molecular weight is 276 g/mol. The van der Waals surface area contributed by atoms with Crippen LogP contribution >= 0.6 is 0 Å². The number of hydrogen-bond acceptors (Lipinski definition) is 4. The zero-order chi connectivity index (χ0) is 14.1. The second-order valence-corrected chi connectivity index (χ2v) is 5.37. The maximum Gasteiger partial charge on any atom is 0.258 e. The van der Waals surface area contributed by atoms with Crippen LogP contribution in [0.15, 0.2) is 18.2 Å². The van der Waals surface area contributed by atoms with Crippen LogP contribution in [0.3, 0.4) is 0 Å². The van der Waals surface area contributed by atoms with Crippen LogP contribution in [-0.4, -0.2) is 43.2 Å². The molecule has 2 aliphatic rings. The fourth-order valence-electron chi connectivity index (χ4n) is 3.23. The number of ether oxygens (including phenoxy) is 2. The van der Waals surface area contributed by atoms with Gasteiger partial charge in [0, 0.05) is 12.2 Å². The molecular weight excluding hydrogens is 256 g/mol. The number of nitrogen functional groups attached to an aromatic ring is 1. The number of methoxy groups -OCH3 is 1. The average Bonchev–Trinajstić information content (AvgIpc) is 2.94.